The average molecular weight is 506 g/mol. The SMILES string of the molecule is COc1ccc(C2(Cc3ccncc3)C(=O)N(Cc3ccncc3)c3ccccc32)cc1OC1CCCC1. The van der Waals surface area contributed by atoms with Gasteiger partial charge < -0.3 is 14.4 Å². The highest BCUT2D eigenvalue weighted by atomic mass is 16.5. The van der Waals surface area contributed by atoms with Gasteiger partial charge in [0, 0.05) is 30.5 Å². The second-order valence-corrected chi connectivity index (χ2v) is 10.1. The van der Waals surface area contributed by atoms with Gasteiger partial charge in [-0.25, -0.2) is 0 Å². The molecule has 2 aromatic carbocycles. The molecule has 0 spiro atoms. The van der Waals surface area contributed by atoms with E-state index in [9.17, 15) is 4.79 Å². The lowest BCUT2D eigenvalue weighted by molar-refractivity contribution is -0.122. The van der Waals surface area contributed by atoms with E-state index in [1.807, 2.05) is 65.6 Å². The Hall–Kier alpha value is -4.19. The van der Waals surface area contributed by atoms with Gasteiger partial charge in [0.05, 0.1) is 19.8 Å². The summed E-state index contributed by atoms with van der Waals surface area (Å²) in [6, 6.07) is 22.0. The molecule has 2 aromatic heterocycles. The smallest absolute Gasteiger partial charge is 0.242 e. The maximum Gasteiger partial charge on any atom is 0.242 e. The number of hydrogen-bond acceptors (Lipinski definition) is 5. The minimum atomic E-state index is -0.926. The van der Waals surface area contributed by atoms with Crippen molar-refractivity contribution in [1.29, 1.82) is 0 Å². The molecule has 0 radical (unpaired) electrons. The maximum atomic E-state index is 14.7. The van der Waals surface area contributed by atoms with Gasteiger partial charge in [-0.3, -0.25) is 14.8 Å². The van der Waals surface area contributed by atoms with E-state index in [2.05, 4.69) is 16.0 Å². The molecule has 1 fully saturated rings. The van der Waals surface area contributed by atoms with Gasteiger partial charge in [-0.05, 0) is 96.8 Å². The summed E-state index contributed by atoms with van der Waals surface area (Å²) in [5.41, 5.74) is 3.97. The second kappa shape index (κ2) is 10.3. The molecule has 3 heterocycles. The molecule has 1 amide bonds. The van der Waals surface area contributed by atoms with Crippen molar-refractivity contribution in [3.05, 3.63) is 114 Å². The van der Waals surface area contributed by atoms with Crippen LogP contribution in [-0.2, 0) is 23.2 Å². The first kappa shape index (κ1) is 24.2. The molecule has 6 heteroatoms. The van der Waals surface area contributed by atoms with Crippen molar-refractivity contribution in [3.8, 4) is 11.5 Å². The zero-order valence-electron chi connectivity index (χ0n) is 21.5. The lowest BCUT2D eigenvalue weighted by atomic mass is 9.71. The molecule has 192 valence electrons. The van der Waals surface area contributed by atoms with Crippen molar-refractivity contribution in [2.75, 3.05) is 12.0 Å². The monoisotopic (exact) mass is 505 g/mol. The lowest BCUT2D eigenvalue weighted by Crippen LogP contribution is -2.42. The van der Waals surface area contributed by atoms with E-state index >= 15 is 0 Å². The van der Waals surface area contributed by atoms with Crippen molar-refractivity contribution in [2.45, 2.75) is 50.2 Å². The zero-order valence-corrected chi connectivity index (χ0v) is 21.5. The van der Waals surface area contributed by atoms with Crippen LogP contribution in [-0.4, -0.2) is 29.1 Å². The van der Waals surface area contributed by atoms with Crippen molar-refractivity contribution in [2.24, 2.45) is 0 Å². The molecule has 1 aliphatic carbocycles. The summed E-state index contributed by atoms with van der Waals surface area (Å²) in [4.78, 5) is 25.0. The molecule has 2 aliphatic rings. The van der Waals surface area contributed by atoms with E-state index in [0.717, 1.165) is 40.8 Å². The molecular formula is C32H31N3O3. The molecular weight excluding hydrogens is 474 g/mol. The quantitative estimate of drug-likeness (QED) is 0.299. The Morgan fingerprint density at radius 2 is 1.55 bits per heavy atom. The Labute approximate surface area is 223 Å². The van der Waals surface area contributed by atoms with E-state index < -0.39 is 5.41 Å². The number of aromatic nitrogens is 2. The second-order valence-electron chi connectivity index (χ2n) is 10.1. The predicted molar refractivity (Wildman–Crippen MR) is 146 cm³/mol. The third-order valence-electron chi connectivity index (χ3n) is 7.83. The van der Waals surface area contributed by atoms with Crippen LogP contribution in [0.5, 0.6) is 11.5 Å². The highest BCUT2D eigenvalue weighted by Crippen LogP contribution is 2.50. The van der Waals surface area contributed by atoms with Gasteiger partial charge >= 0.3 is 0 Å². The van der Waals surface area contributed by atoms with Crippen molar-refractivity contribution in [1.82, 2.24) is 9.97 Å². The van der Waals surface area contributed by atoms with Crippen LogP contribution in [0.4, 0.5) is 5.69 Å². The molecule has 1 unspecified atom stereocenters. The number of methoxy groups -OCH3 is 1. The van der Waals surface area contributed by atoms with Gasteiger partial charge in [0.2, 0.25) is 5.91 Å². The van der Waals surface area contributed by atoms with Gasteiger partial charge in [0.25, 0.3) is 0 Å². The normalized spacial score (nSPS) is 19.0. The standard InChI is InChI=1S/C32H31N3O3/c1-37-29-11-10-25(20-30(29)38-26-6-2-3-7-26)32(21-23-12-16-33-17-13-23)27-8-4-5-9-28(27)35(31(32)36)22-24-14-18-34-19-15-24/h4-5,8-20,26H,2-3,6-7,21-22H2,1H3. The van der Waals surface area contributed by atoms with E-state index in [0.29, 0.717) is 24.5 Å². The number of ether oxygens (including phenoxy) is 2. The Morgan fingerprint density at radius 3 is 2.26 bits per heavy atom. The van der Waals surface area contributed by atoms with Crippen molar-refractivity contribution >= 4 is 11.6 Å². The number of fused-ring (bicyclic) bond motifs is 1. The van der Waals surface area contributed by atoms with Crippen LogP contribution in [0, 0.1) is 0 Å². The molecule has 0 bridgehead atoms. The summed E-state index contributed by atoms with van der Waals surface area (Å²) in [6.45, 7) is 0.470. The highest BCUT2D eigenvalue weighted by molar-refractivity contribution is 6.10. The minimum absolute atomic E-state index is 0.0457. The molecule has 1 atom stereocenters. The van der Waals surface area contributed by atoms with E-state index in [1.54, 1.807) is 31.9 Å². The number of carbonyl (C=O) groups excluding carboxylic acids is 1. The summed E-state index contributed by atoms with van der Waals surface area (Å²) in [6.07, 6.45) is 12.2. The fraction of sp³-hybridized carbons (Fsp3) is 0.281. The van der Waals surface area contributed by atoms with E-state index in [1.165, 1.54) is 12.8 Å². The predicted octanol–water partition coefficient (Wildman–Crippen LogP) is 5.88. The molecule has 38 heavy (non-hydrogen) atoms. The molecule has 1 saturated carbocycles. The Kier molecular flexibility index (Phi) is 6.54. The van der Waals surface area contributed by atoms with Crippen molar-refractivity contribution < 1.29 is 14.3 Å². The number of carbonyl (C=O) groups is 1. The van der Waals surface area contributed by atoms with Crippen LogP contribution < -0.4 is 14.4 Å². The molecule has 1 aliphatic heterocycles. The van der Waals surface area contributed by atoms with Gasteiger partial charge in [0.15, 0.2) is 11.5 Å². The Bertz CT molecular complexity index is 1420. The van der Waals surface area contributed by atoms with E-state index in [4.69, 9.17) is 9.47 Å². The summed E-state index contributed by atoms with van der Waals surface area (Å²) >= 11 is 0. The third-order valence-corrected chi connectivity index (χ3v) is 7.83. The first-order valence-corrected chi connectivity index (χ1v) is 13.2. The lowest BCUT2D eigenvalue weighted by Gasteiger charge is -2.31. The van der Waals surface area contributed by atoms with Crippen LogP contribution in [0.2, 0.25) is 0 Å². The molecule has 6 nitrogen and oxygen atoms in total. The number of para-hydroxylation sites is 1. The van der Waals surface area contributed by atoms with Gasteiger partial charge in [-0.2, -0.15) is 0 Å². The highest BCUT2D eigenvalue weighted by Gasteiger charge is 2.52. The number of benzene rings is 2. The third kappa shape index (κ3) is 4.30. The summed E-state index contributed by atoms with van der Waals surface area (Å²) in [5, 5.41) is 0. The Morgan fingerprint density at radius 1 is 0.868 bits per heavy atom. The van der Waals surface area contributed by atoms with Crippen LogP contribution in [0.3, 0.4) is 0 Å². The molecule has 0 N–H and O–H groups in total. The number of anilines is 1. The summed E-state index contributed by atoms with van der Waals surface area (Å²) in [7, 11) is 1.66. The fourth-order valence-corrected chi connectivity index (χ4v) is 5.93. The van der Waals surface area contributed by atoms with E-state index in [-0.39, 0.29) is 12.0 Å². The first-order chi connectivity index (χ1) is 18.7. The maximum absolute atomic E-state index is 14.7. The van der Waals surface area contributed by atoms with Gasteiger partial charge in [-0.15, -0.1) is 0 Å². The number of hydrogen-bond donors (Lipinski definition) is 0. The molecule has 6 rings (SSSR count). The summed E-state index contributed by atoms with van der Waals surface area (Å²) in [5.74, 6) is 1.43. The first-order valence-electron chi connectivity index (χ1n) is 13.2. The van der Waals surface area contributed by atoms with Crippen LogP contribution in [0.25, 0.3) is 0 Å². The number of amides is 1. The van der Waals surface area contributed by atoms with Crippen molar-refractivity contribution in [3.63, 3.8) is 0 Å². The number of rotatable bonds is 8. The number of nitrogens with zero attached hydrogens (tertiary/aromatic N) is 3. The summed E-state index contributed by atoms with van der Waals surface area (Å²) < 4.78 is 12.2. The van der Waals surface area contributed by atoms with Crippen LogP contribution in [0.15, 0.2) is 91.5 Å². The Balaban J connectivity index is 1.51. The molecule has 0 saturated heterocycles. The molecule has 4 aromatic rings. The number of pyridine rings is 2. The topological polar surface area (TPSA) is 64.5 Å². The fourth-order valence-electron chi connectivity index (χ4n) is 5.93. The average Bonchev–Trinajstić information content (AvgIpc) is 3.56. The van der Waals surface area contributed by atoms with Crippen LogP contribution >= 0.6 is 0 Å². The largest absolute Gasteiger partial charge is 0.493 e. The van der Waals surface area contributed by atoms with Crippen LogP contribution in [0.1, 0.15) is 47.9 Å². The van der Waals surface area contributed by atoms with Gasteiger partial charge in [-0.1, -0.05) is 24.3 Å². The van der Waals surface area contributed by atoms with Gasteiger partial charge in [0.1, 0.15) is 5.41 Å². The minimum Gasteiger partial charge on any atom is -0.493 e. The zero-order chi connectivity index (χ0) is 26.0.